The second-order valence-corrected chi connectivity index (χ2v) is 7.53. The van der Waals surface area contributed by atoms with Crippen molar-refractivity contribution >= 4 is 43.6 Å². The number of rotatable bonds is 5. The number of nitro benzene ring substituents is 2. The number of nitro groups is 2. The molecule has 2 aromatic heterocycles. The van der Waals surface area contributed by atoms with Gasteiger partial charge in [0.1, 0.15) is 10.8 Å². The summed E-state index contributed by atoms with van der Waals surface area (Å²) >= 11 is 4.57. The maximum Gasteiger partial charge on any atom is 0.277 e. The summed E-state index contributed by atoms with van der Waals surface area (Å²) in [5, 5.41) is 35.3. The number of non-ortho nitro benzene ring substituents is 2. The number of aromatic nitrogens is 4. The Balaban J connectivity index is 1.87. The van der Waals surface area contributed by atoms with Gasteiger partial charge in [0.05, 0.1) is 23.0 Å². The van der Waals surface area contributed by atoms with Gasteiger partial charge in [0.25, 0.3) is 11.4 Å². The molecule has 0 fully saturated rings. The number of hydrogen-bond acceptors (Lipinski definition) is 9. The molecule has 0 atom stereocenters. The molecule has 4 rings (SSSR count). The Morgan fingerprint density at radius 3 is 2.38 bits per heavy atom. The normalized spacial score (nSPS) is 11.0. The highest BCUT2D eigenvalue weighted by molar-refractivity contribution is 9.10. The van der Waals surface area contributed by atoms with E-state index in [1.54, 1.807) is 25.3 Å². The molecule has 0 aliphatic rings. The van der Waals surface area contributed by atoms with Crippen LogP contribution in [0.4, 0.5) is 11.4 Å². The minimum atomic E-state index is -0.685. The van der Waals surface area contributed by atoms with Gasteiger partial charge in [-0.1, -0.05) is 27.3 Å². The number of ether oxygens (including phenoxy) is 1. The zero-order valence-corrected chi connectivity index (χ0v) is 16.9. The van der Waals surface area contributed by atoms with Crippen LogP contribution in [0.15, 0.2) is 40.9 Å². The zero-order chi connectivity index (χ0) is 20.7. The predicted octanol–water partition coefficient (Wildman–Crippen LogP) is 4.11. The first-order chi connectivity index (χ1) is 13.9. The second kappa shape index (κ2) is 7.18. The molecule has 2 heterocycles. The molecule has 0 bridgehead atoms. The van der Waals surface area contributed by atoms with Crippen LogP contribution in [0.25, 0.3) is 26.9 Å². The largest absolute Gasteiger partial charge is 0.497 e. The first-order valence-corrected chi connectivity index (χ1v) is 9.48. The van der Waals surface area contributed by atoms with Crippen molar-refractivity contribution in [1.82, 2.24) is 19.8 Å². The Morgan fingerprint density at radius 1 is 1.07 bits per heavy atom. The van der Waals surface area contributed by atoms with Crippen molar-refractivity contribution in [3.05, 3.63) is 61.1 Å². The van der Waals surface area contributed by atoms with E-state index in [-0.39, 0.29) is 5.56 Å². The highest BCUT2D eigenvalue weighted by Crippen LogP contribution is 2.35. The van der Waals surface area contributed by atoms with E-state index in [0.29, 0.717) is 27.1 Å². The molecule has 2 aromatic carbocycles. The molecule has 4 aromatic rings. The zero-order valence-electron chi connectivity index (χ0n) is 14.5. The van der Waals surface area contributed by atoms with Crippen molar-refractivity contribution < 1.29 is 14.6 Å². The smallest absolute Gasteiger partial charge is 0.277 e. The number of benzene rings is 2. The molecule has 146 valence electrons. The quantitative estimate of drug-likeness (QED) is 0.309. The number of methoxy groups -OCH3 is 1. The Morgan fingerprint density at radius 2 is 1.76 bits per heavy atom. The molecule has 0 N–H and O–H groups in total. The van der Waals surface area contributed by atoms with Gasteiger partial charge in [-0.3, -0.25) is 20.2 Å². The standard InChI is InChI=1S/C16H9BrN6O5S/c1-28-11-2-3-13(17)12(7-11)14-18-19-16-21(14)20-15(29-16)8-4-9(22(24)25)6-10(5-8)23(26)27/h2-7H,1H3. The van der Waals surface area contributed by atoms with Crippen LogP contribution in [0, 0.1) is 20.2 Å². The van der Waals surface area contributed by atoms with Gasteiger partial charge in [-0.15, -0.1) is 10.2 Å². The lowest BCUT2D eigenvalue weighted by Crippen LogP contribution is -1.95. The number of nitrogens with zero attached hydrogens (tertiary/aromatic N) is 6. The summed E-state index contributed by atoms with van der Waals surface area (Å²) < 4.78 is 7.46. The topological polar surface area (TPSA) is 139 Å². The van der Waals surface area contributed by atoms with E-state index in [9.17, 15) is 20.2 Å². The summed E-state index contributed by atoms with van der Waals surface area (Å²) in [7, 11) is 1.54. The fourth-order valence-corrected chi connectivity index (χ4v) is 3.88. The van der Waals surface area contributed by atoms with Crippen LogP contribution in [-0.4, -0.2) is 36.8 Å². The highest BCUT2D eigenvalue weighted by atomic mass is 79.9. The lowest BCUT2D eigenvalue weighted by molar-refractivity contribution is -0.394. The van der Waals surface area contributed by atoms with Gasteiger partial charge >= 0.3 is 0 Å². The maximum absolute atomic E-state index is 11.1. The van der Waals surface area contributed by atoms with E-state index in [4.69, 9.17) is 4.74 Å². The molecule has 0 saturated heterocycles. The summed E-state index contributed by atoms with van der Waals surface area (Å²) in [4.78, 5) is 21.3. The third-order valence-corrected chi connectivity index (χ3v) is 5.62. The lowest BCUT2D eigenvalue weighted by Gasteiger charge is -2.04. The molecule has 0 aliphatic carbocycles. The van der Waals surface area contributed by atoms with Crippen LogP contribution in [0.3, 0.4) is 0 Å². The van der Waals surface area contributed by atoms with Gasteiger partial charge in [-0.05, 0) is 18.2 Å². The van der Waals surface area contributed by atoms with Crippen molar-refractivity contribution in [2.24, 2.45) is 0 Å². The molecule has 0 unspecified atom stereocenters. The van der Waals surface area contributed by atoms with Gasteiger partial charge in [-0.2, -0.15) is 9.61 Å². The SMILES string of the molecule is COc1ccc(Br)c(-c2nnc3sc(-c4cc([N+](=O)[O-])cc([N+](=O)[O-])c4)nn23)c1. The van der Waals surface area contributed by atoms with Gasteiger partial charge in [0.15, 0.2) is 5.82 Å². The first-order valence-electron chi connectivity index (χ1n) is 7.88. The summed E-state index contributed by atoms with van der Waals surface area (Å²) in [6, 6.07) is 8.72. The molecule has 13 heteroatoms. The minimum Gasteiger partial charge on any atom is -0.497 e. The van der Waals surface area contributed by atoms with Gasteiger partial charge in [0, 0.05) is 27.7 Å². The van der Waals surface area contributed by atoms with Crippen LogP contribution in [0.1, 0.15) is 0 Å². The predicted molar refractivity (Wildman–Crippen MR) is 107 cm³/mol. The summed E-state index contributed by atoms with van der Waals surface area (Å²) in [6.07, 6.45) is 0. The van der Waals surface area contributed by atoms with E-state index in [1.807, 2.05) is 0 Å². The van der Waals surface area contributed by atoms with Crippen LogP contribution < -0.4 is 4.74 Å². The molecule has 0 saturated carbocycles. The number of hydrogen-bond donors (Lipinski definition) is 0. The molecule has 0 amide bonds. The van der Waals surface area contributed by atoms with Gasteiger partial charge < -0.3 is 4.74 Å². The molecule has 0 radical (unpaired) electrons. The molecular formula is C16H9BrN6O5S. The monoisotopic (exact) mass is 476 g/mol. The Hall–Kier alpha value is -3.45. The Kier molecular flexibility index (Phi) is 4.68. The van der Waals surface area contributed by atoms with Crippen molar-refractivity contribution in [3.63, 3.8) is 0 Å². The fourth-order valence-electron chi connectivity index (χ4n) is 2.63. The van der Waals surface area contributed by atoms with Crippen molar-refractivity contribution in [1.29, 1.82) is 0 Å². The van der Waals surface area contributed by atoms with Gasteiger partial charge in [0.2, 0.25) is 4.96 Å². The van der Waals surface area contributed by atoms with E-state index >= 15 is 0 Å². The number of fused-ring (bicyclic) bond motifs is 1. The highest BCUT2D eigenvalue weighted by Gasteiger charge is 2.21. The third-order valence-electron chi connectivity index (χ3n) is 3.98. The molecule has 29 heavy (non-hydrogen) atoms. The summed E-state index contributed by atoms with van der Waals surface area (Å²) in [5.74, 6) is 1.04. The fraction of sp³-hybridized carbons (Fsp3) is 0.0625. The Labute approximate surface area is 174 Å². The van der Waals surface area contributed by atoms with E-state index in [2.05, 4.69) is 31.2 Å². The summed E-state index contributed by atoms with van der Waals surface area (Å²) in [6.45, 7) is 0. The average molecular weight is 477 g/mol. The van der Waals surface area contributed by atoms with E-state index in [0.717, 1.165) is 21.9 Å². The maximum atomic E-state index is 11.1. The lowest BCUT2D eigenvalue weighted by atomic mass is 10.2. The number of halogens is 1. The van der Waals surface area contributed by atoms with Crippen molar-refractivity contribution in [3.8, 4) is 27.7 Å². The molecule has 11 nitrogen and oxygen atoms in total. The van der Waals surface area contributed by atoms with Crippen LogP contribution in [0.5, 0.6) is 5.75 Å². The van der Waals surface area contributed by atoms with Gasteiger partial charge in [-0.25, -0.2) is 0 Å². The van der Waals surface area contributed by atoms with E-state index in [1.165, 1.54) is 16.6 Å². The molecule has 0 spiro atoms. The summed E-state index contributed by atoms with van der Waals surface area (Å²) in [5.41, 5.74) is 0.141. The third kappa shape index (κ3) is 3.40. The van der Waals surface area contributed by atoms with Crippen molar-refractivity contribution in [2.45, 2.75) is 0 Å². The molecule has 0 aliphatic heterocycles. The van der Waals surface area contributed by atoms with Crippen LogP contribution in [0.2, 0.25) is 0 Å². The minimum absolute atomic E-state index is 0.247. The Bertz CT molecular complexity index is 1250. The van der Waals surface area contributed by atoms with E-state index < -0.39 is 21.2 Å². The molecular weight excluding hydrogens is 468 g/mol. The van der Waals surface area contributed by atoms with Crippen LogP contribution >= 0.6 is 27.3 Å². The first kappa shape index (κ1) is 18.9. The van der Waals surface area contributed by atoms with Crippen molar-refractivity contribution in [2.75, 3.05) is 7.11 Å². The second-order valence-electron chi connectivity index (χ2n) is 5.72. The average Bonchev–Trinajstić information content (AvgIpc) is 3.29. The van der Waals surface area contributed by atoms with Crippen LogP contribution in [-0.2, 0) is 0 Å².